The van der Waals surface area contributed by atoms with Gasteiger partial charge in [0.25, 0.3) is 5.69 Å². The highest BCUT2D eigenvalue weighted by Crippen LogP contribution is 2.35. The second kappa shape index (κ2) is 5.92. The molecule has 0 amide bonds. The lowest BCUT2D eigenvalue weighted by Crippen LogP contribution is -1.98. The molecule has 1 heterocycles. The molecule has 3 rings (SSSR count). The van der Waals surface area contributed by atoms with E-state index in [4.69, 9.17) is 9.47 Å². The summed E-state index contributed by atoms with van der Waals surface area (Å²) in [6.45, 7) is 2.38. The summed E-state index contributed by atoms with van der Waals surface area (Å²) in [5.74, 6) is 0.928. The van der Waals surface area contributed by atoms with Gasteiger partial charge in [-0.2, -0.15) is 0 Å². The fourth-order valence-corrected chi connectivity index (χ4v) is 2.30. The average Bonchev–Trinajstić information content (AvgIpc) is 2.84. The van der Waals surface area contributed by atoms with E-state index < -0.39 is 4.92 Å². The molecular formula is C17H13NO5. The molecule has 0 atom stereocenters. The van der Waals surface area contributed by atoms with Crippen LogP contribution in [0.2, 0.25) is 0 Å². The van der Waals surface area contributed by atoms with Gasteiger partial charge in [-0.1, -0.05) is 12.1 Å². The minimum Gasteiger partial charge on any atom is -0.494 e. The van der Waals surface area contributed by atoms with Crippen molar-refractivity contribution in [2.45, 2.75) is 6.92 Å². The molecule has 0 aliphatic carbocycles. The topological polar surface area (TPSA) is 78.7 Å². The summed E-state index contributed by atoms with van der Waals surface area (Å²) < 4.78 is 10.9. The van der Waals surface area contributed by atoms with Crippen molar-refractivity contribution in [2.75, 3.05) is 6.61 Å². The Morgan fingerprint density at radius 3 is 2.83 bits per heavy atom. The molecule has 0 radical (unpaired) electrons. The Kier molecular flexibility index (Phi) is 3.80. The summed E-state index contributed by atoms with van der Waals surface area (Å²) in [7, 11) is 0. The van der Waals surface area contributed by atoms with Crippen LogP contribution in [0.25, 0.3) is 6.08 Å². The summed E-state index contributed by atoms with van der Waals surface area (Å²) in [5, 5.41) is 10.8. The zero-order chi connectivity index (χ0) is 16.4. The third kappa shape index (κ3) is 2.91. The van der Waals surface area contributed by atoms with Gasteiger partial charge in [0.15, 0.2) is 5.76 Å². The van der Waals surface area contributed by atoms with Gasteiger partial charge >= 0.3 is 0 Å². The summed E-state index contributed by atoms with van der Waals surface area (Å²) >= 11 is 0. The van der Waals surface area contributed by atoms with E-state index in [0.29, 0.717) is 29.2 Å². The molecule has 2 aromatic carbocycles. The number of fused-ring (bicyclic) bond motifs is 1. The Hall–Kier alpha value is -3.15. The summed E-state index contributed by atoms with van der Waals surface area (Å²) in [6.07, 6.45) is 1.50. The number of ketones is 1. The summed E-state index contributed by atoms with van der Waals surface area (Å²) in [4.78, 5) is 22.6. The van der Waals surface area contributed by atoms with Crippen LogP contribution >= 0.6 is 0 Å². The third-order valence-corrected chi connectivity index (χ3v) is 3.33. The number of benzene rings is 2. The first-order chi connectivity index (χ1) is 11.1. The van der Waals surface area contributed by atoms with Crippen molar-refractivity contribution in [3.05, 3.63) is 69.5 Å². The molecule has 1 aliphatic heterocycles. The number of ether oxygens (including phenoxy) is 2. The van der Waals surface area contributed by atoms with Crippen LogP contribution in [0.15, 0.2) is 48.2 Å². The number of allylic oxidation sites excluding steroid dienone is 1. The van der Waals surface area contributed by atoms with Crippen molar-refractivity contribution < 1.29 is 19.2 Å². The number of carbonyl (C=O) groups is 1. The molecule has 0 bridgehead atoms. The minimum absolute atomic E-state index is 0.0408. The first-order valence-corrected chi connectivity index (χ1v) is 7.04. The highest BCUT2D eigenvalue weighted by atomic mass is 16.6. The van der Waals surface area contributed by atoms with Crippen molar-refractivity contribution in [1.29, 1.82) is 0 Å². The number of nitro groups is 1. The molecule has 6 nitrogen and oxygen atoms in total. The predicted octanol–water partition coefficient (Wildman–Crippen LogP) is 3.61. The van der Waals surface area contributed by atoms with Gasteiger partial charge in [-0.15, -0.1) is 0 Å². The Bertz CT molecular complexity index is 825. The number of nitrogens with zero attached hydrogens (tertiary/aromatic N) is 1. The molecule has 116 valence electrons. The fraction of sp³-hybridized carbons (Fsp3) is 0.118. The Morgan fingerprint density at radius 1 is 1.26 bits per heavy atom. The molecule has 0 fully saturated rings. The fourth-order valence-electron chi connectivity index (χ4n) is 2.30. The predicted molar refractivity (Wildman–Crippen MR) is 83.6 cm³/mol. The van der Waals surface area contributed by atoms with E-state index >= 15 is 0 Å². The van der Waals surface area contributed by atoms with E-state index in [9.17, 15) is 14.9 Å². The van der Waals surface area contributed by atoms with Gasteiger partial charge in [0.1, 0.15) is 11.5 Å². The van der Waals surface area contributed by atoms with Gasteiger partial charge in [0.05, 0.1) is 17.1 Å². The number of hydrogen-bond donors (Lipinski definition) is 0. The van der Waals surface area contributed by atoms with Crippen molar-refractivity contribution in [2.24, 2.45) is 0 Å². The summed E-state index contributed by atoms with van der Waals surface area (Å²) in [6, 6.07) is 11.0. The molecule has 0 spiro atoms. The van der Waals surface area contributed by atoms with Crippen LogP contribution in [0.1, 0.15) is 22.8 Å². The maximum absolute atomic E-state index is 12.3. The first kappa shape index (κ1) is 14.8. The maximum atomic E-state index is 12.3. The highest BCUT2D eigenvalue weighted by molar-refractivity contribution is 6.14. The van der Waals surface area contributed by atoms with E-state index in [1.54, 1.807) is 30.3 Å². The molecule has 0 saturated carbocycles. The number of rotatable bonds is 4. The standard InChI is InChI=1S/C17H13NO5/c1-2-22-13-6-7-14-15(10-13)23-16(17(14)19)9-11-4-3-5-12(8-11)18(20)21/h3-10H,2H2,1H3/b16-9-. The van der Waals surface area contributed by atoms with Gasteiger partial charge in [0.2, 0.25) is 5.78 Å². The van der Waals surface area contributed by atoms with Crippen LogP contribution in [0.4, 0.5) is 5.69 Å². The Balaban J connectivity index is 1.92. The van der Waals surface area contributed by atoms with Gasteiger partial charge < -0.3 is 9.47 Å². The third-order valence-electron chi connectivity index (χ3n) is 3.33. The van der Waals surface area contributed by atoms with Crippen LogP contribution in [-0.4, -0.2) is 17.3 Å². The normalized spacial score (nSPS) is 14.5. The maximum Gasteiger partial charge on any atom is 0.270 e. The van der Waals surface area contributed by atoms with Crippen molar-refractivity contribution >= 4 is 17.5 Å². The number of hydrogen-bond acceptors (Lipinski definition) is 5. The monoisotopic (exact) mass is 311 g/mol. The molecule has 6 heteroatoms. The minimum atomic E-state index is -0.484. The lowest BCUT2D eigenvalue weighted by atomic mass is 10.1. The highest BCUT2D eigenvalue weighted by Gasteiger charge is 2.27. The van der Waals surface area contributed by atoms with Crippen molar-refractivity contribution in [3.8, 4) is 11.5 Å². The van der Waals surface area contributed by atoms with E-state index in [1.165, 1.54) is 18.2 Å². The van der Waals surface area contributed by atoms with E-state index in [-0.39, 0.29) is 17.2 Å². The smallest absolute Gasteiger partial charge is 0.270 e. The van der Waals surface area contributed by atoms with Crippen LogP contribution in [0.3, 0.4) is 0 Å². The van der Waals surface area contributed by atoms with Crippen LogP contribution in [0.5, 0.6) is 11.5 Å². The molecular weight excluding hydrogens is 298 g/mol. The van der Waals surface area contributed by atoms with Crippen LogP contribution in [0, 0.1) is 10.1 Å². The van der Waals surface area contributed by atoms with E-state index in [2.05, 4.69) is 0 Å². The molecule has 0 aromatic heterocycles. The van der Waals surface area contributed by atoms with Gasteiger partial charge in [0, 0.05) is 18.2 Å². The summed E-state index contributed by atoms with van der Waals surface area (Å²) in [5.41, 5.74) is 0.937. The number of carbonyl (C=O) groups excluding carboxylic acids is 1. The lowest BCUT2D eigenvalue weighted by Gasteiger charge is -2.03. The second-order valence-corrected chi connectivity index (χ2v) is 4.88. The second-order valence-electron chi connectivity index (χ2n) is 4.88. The number of nitro benzene ring substituents is 1. The molecule has 0 N–H and O–H groups in total. The van der Waals surface area contributed by atoms with E-state index in [1.807, 2.05) is 6.92 Å². The number of Topliss-reactive ketones (excluding diaryl/α,β-unsaturated/α-hetero) is 1. The zero-order valence-electron chi connectivity index (χ0n) is 12.3. The SMILES string of the molecule is CCOc1ccc2c(c1)O/C(=C\c1cccc([N+](=O)[O-])c1)C2=O. The largest absolute Gasteiger partial charge is 0.494 e. The van der Waals surface area contributed by atoms with Crippen LogP contribution in [-0.2, 0) is 0 Å². The van der Waals surface area contributed by atoms with Crippen molar-refractivity contribution in [3.63, 3.8) is 0 Å². The first-order valence-electron chi connectivity index (χ1n) is 7.04. The Labute approximate surface area is 132 Å². The molecule has 1 aliphatic rings. The average molecular weight is 311 g/mol. The van der Waals surface area contributed by atoms with Crippen molar-refractivity contribution in [1.82, 2.24) is 0 Å². The molecule has 0 unspecified atom stereocenters. The molecule has 0 saturated heterocycles. The van der Waals surface area contributed by atoms with Gasteiger partial charge in [-0.05, 0) is 30.7 Å². The van der Waals surface area contributed by atoms with Crippen LogP contribution < -0.4 is 9.47 Å². The van der Waals surface area contributed by atoms with Gasteiger partial charge in [-0.25, -0.2) is 0 Å². The Morgan fingerprint density at radius 2 is 2.09 bits per heavy atom. The molecule has 2 aromatic rings. The van der Waals surface area contributed by atoms with E-state index in [0.717, 1.165) is 0 Å². The lowest BCUT2D eigenvalue weighted by molar-refractivity contribution is -0.384. The molecule has 23 heavy (non-hydrogen) atoms. The number of non-ortho nitro benzene ring substituents is 1. The quantitative estimate of drug-likeness (QED) is 0.489. The van der Waals surface area contributed by atoms with Gasteiger partial charge in [-0.3, -0.25) is 14.9 Å². The zero-order valence-corrected chi connectivity index (χ0v) is 12.3.